The number of alkyl carbamates (subject to hydrolysis) is 1. The Kier molecular flexibility index (Phi) is 4.71. The Hall–Kier alpha value is -0.980. The third-order valence-electron chi connectivity index (χ3n) is 2.87. The molecule has 1 amide bonds. The van der Waals surface area contributed by atoms with E-state index >= 15 is 0 Å². The predicted molar refractivity (Wildman–Crippen MR) is 62.6 cm³/mol. The van der Waals surface area contributed by atoms with Crippen LogP contribution < -0.4 is 5.32 Å². The highest BCUT2D eigenvalue weighted by molar-refractivity contribution is 5.68. The van der Waals surface area contributed by atoms with Crippen LogP contribution >= 0.6 is 0 Å². The molecule has 1 saturated carbocycles. The molecular weight excluding hydrogens is 263 g/mol. The molecular formula is C12H20F3NO3. The van der Waals surface area contributed by atoms with Gasteiger partial charge in [-0.2, -0.15) is 13.2 Å². The maximum Gasteiger partial charge on any atom is 0.407 e. The van der Waals surface area contributed by atoms with E-state index in [1.807, 2.05) is 0 Å². The van der Waals surface area contributed by atoms with Crippen molar-refractivity contribution in [2.45, 2.75) is 64.0 Å². The van der Waals surface area contributed by atoms with E-state index in [1.54, 1.807) is 20.8 Å². The molecule has 0 saturated heterocycles. The number of alkyl halides is 3. The summed E-state index contributed by atoms with van der Waals surface area (Å²) in [6.07, 6.45) is -6.58. The second kappa shape index (κ2) is 5.56. The van der Waals surface area contributed by atoms with E-state index in [2.05, 4.69) is 5.32 Å². The monoisotopic (exact) mass is 283 g/mol. The lowest BCUT2D eigenvalue weighted by atomic mass is 9.83. The van der Waals surface area contributed by atoms with Crippen molar-refractivity contribution in [2.75, 3.05) is 0 Å². The standard InChI is InChI=1S/C12H20F3NO3/c1-11(2,3)19-10(18)16-8-4-7(12(13,14)15)5-9(17)6-8/h7-9,17H,4-6H2,1-3H3,(H,16,18)/t7-,8+,9+/m1/s1. The summed E-state index contributed by atoms with van der Waals surface area (Å²) in [4.78, 5) is 11.5. The molecule has 0 aromatic rings. The van der Waals surface area contributed by atoms with Crippen LogP contribution in [0.4, 0.5) is 18.0 Å². The van der Waals surface area contributed by atoms with Crippen LogP contribution in [0.1, 0.15) is 40.0 Å². The maximum absolute atomic E-state index is 12.6. The second-order valence-electron chi connectivity index (χ2n) is 5.94. The molecule has 3 atom stereocenters. The predicted octanol–water partition coefficient (Wildman–Crippen LogP) is 2.60. The molecule has 0 bridgehead atoms. The van der Waals surface area contributed by atoms with Gasteiger partial charge in [0.15, 0.2) is 0 Å². The molecule has 0 aromatic carbocycles. The summed E-state index contributed by atoms with van der Waals surface area (Å²) in [7, 11) is 0. The Labute approximate surface area is 110 Å². The third-order valence-corrected chi connectivity index (χ3v) is 2.87. The normalized spacial score (nSPS) is 28.9. The maximum atomic E-state index is 12.6. The first-order chi connectivity index (χ1) is 8.47. The number of aliphatic hydroxyl groups is 1. The van der Waals surface area contributed by atoms with Crippen molar-refractivity contribution >= 4 is 6.09 Å². The Morgan fingerprint density at radius 1 is 1.21 bits per heavy atom. The molecule has 0 unspecified atom stereocenters. The lowest BCUT2D eigenvalue weighted by Gasteiger charge is -2.34. The fourth-order valence-corrected chi connectivity index (χ4v) is 2.15. The van der Waals surface area contributed by atoms with Crippen LogP contribution in [0.5, 0.6) is 0 Å². The number of aliphatic hydroxyl groups excluding tert-OH is 1. The molecule has 0 radical (unpaired) electrons. The summed E-state index contributed by atoms with van der Waals surface area (Å²) in [6, 6.07) is -0.717. The van der Waals surface area contributed by atoms with Crippen LogP contribution in [0.25, 0.3) is 0 Å². The number of carbonyl (C=O) groups excluding carboxylic acids is 1. The van der Waals surface area contributed by atoms with Gasteiger partial charge >= 0.3 is 12.3 Å². The lowest BCUT2D eigenvalue weighted by Crippen LogP contribution is -2.47. The minimum atomic E-state index is -4.35. The van der Waals surface area contributed by atoms with Crippen molar-refractivity contribution in [1.29, 1.82) is 0 Å². The summed E-state index contributed by atoms with van der Waals surface area (Å²) in [5.41, 5.74) is -0.708. The molecule has 0 aliphatic heterocycles. The van der Waals surface area contributed by atoms with Crippen LogP contribution in [-0.4, -0.2) is 35.1 Å². The number of nitrogens with one attached hydrogen (secondary N) is 1. The van der Waals surface area contributed by atoms with Crippen molar-refractivity contribution in [1.82, 2.24) is 5.32 Å². The van der Waals surface area contributed by atoms with Gasteiger partial charge in [-0.3, -0.25) is 0 Å². The first-order valence-electron chi connectivity index (χ1n) is 6.21. The highest BCUT2D eigenvalue weighted by Gasteiger charge is 2.45. The van der Waals surface area contributed by atoms with E-state index in [0.717, 1.165) is 0 Å². The van der Waals surface area contributed by atoms with Gasteiger partial charge in [0.25, 0.3) is 0 Å². The van der Waals surface area contributed by atoms with Crippen LogP contribution in [0, 0.1) is 5.92 Å². The van der Waals surface area contributed by atoms with Crippen molar-refractivity contribution < 1.29 is 27.8 Å². The fourth-order valence-electron chi connectivity index (χ4n) is 2.15. The average Bonchev–Trinajstić information content (AvgIpc) is 2.11. The van der Waals surface area contributed by atoms with Gasteiger partial charge in [0.1, 0.15) is 5.60 Å². The van der Waals surface area contributed by atoms with E-state index < -0.39 is 35.9 Å². The summed E-state index contributed by atoms with van der Waals surface area (Å²) >= 11 is 0. The molecule has 0 heterocycles. The molecule has 1 rings (SSSR count). The first-order valence-corrected chi connectivity index (χ1v) is 6.21. The molecule has 4 nitrogen and oxygen atoms in total. The zero-order chi connectivity index (χ0) is 14.8. The number of ether oxygens (including phenoxy) is 1. The average molecular weight is 283 g/mol. The molecule has 2 N–H and O–H groups in total. The number of hydrogen-bond donors (Lipinski definition) is 2. The van der Waals surface area contributed by atoms with E-state index in [-0.39, 0.29) is 19.3 Å². The van der Waals surface area contributed by atoms with Crippen LogP contribution in [0.3, 0.4) is 0 Å². The fraction of sp³-hybridized carbons (Fsp3) is 0.917. The highest BCUT2D eigenvalue weighted by atomic mass is 19.4. The zero-order valence-electron chi connectivity index (χ0n) is 11.3. The molecule has 19 heavy (non-hydrogen) atoms. The smallest absolute Gasteiger partial charge is 0.407 e. The topological polar surface area (TPSA) is 58.6 Å². The van der Waals surface area contributed by atoms with E-state index in [1.165, 1.54) is 0 Å². The van der Waals surface area contributed by atoms with E-state index in [4.69, 9.17) is 4.74 Å². The van der Waals surface area contributed by atoms with Crippen LogP contribution in [0.2, 0.25) is 0 Å². The molecule has 7 heteroatoms. The molecule has 1 aliphatic rings. The molecule has 112 valence electrons. The molecule has 1 fully saturated rings. The molecule has 0 aromatic heterocycles. The highest BCUT2D eigenvalue weighted by Crippen LogP contribution is 2.37. The number of rotatable bonds is 1. The SMILES string of the molecule is CC(C)(C)OC(=O)N[C@@H]1C[C@@H](O)C[C@H](C(F)(F)F)C1. The third kappa shape index (κ3) is 5.67. The van der Waals surface area contributed by atoms with Gasteiger partial charge in [-0.1, -0.05) is 0 Å². The molecule has 0 spiro atoms. The zero-order valence-corrected chi connectivity index (χ0v) is 11.3. The van der Waals surface area contributed by atoms with Crippen LogP contribution in [-0.2, 0) is 4.74 Å². The van der Waals surface area contributed by atoms with Gasteiger partial charge in [-0.15, -0.1) is 0 Å². The number of hydrogen-bond acceptors (Lipinski definition) is 3. The largest absolute Gasteiger partial charge is 0.444 e. The van der Waals surface area contributed by atoms with Crippen molar-refractivity contribution in [3.8, 4) is 0 Å². The van der Waals surface area contributed by atoms with Crippen molar-refractivity contribution in [2.24, 2.45) is 5.92 Å². The van der Waals surface area contributed by atoms with E-state index in [9.17, 15) is 23.1 Å². The van der Waals surface area contributed by atoms with Crippen molar-refractivity contribution in [3.05, 3.63) is 0 Å². The summed E-state index contributed by atoms with van der Waals surface area (Å²) in [5.74, 6) is -1.59. The van der Waals surface area contributed by atoms with Gasteiger partial charge in [0.2, 0.25) is 0 Å². The second-order valence-corrected chi connectivity index (χ2v) is 5.94. The minimum Gasteiger partial charge on any atom is -0.444 e. The Balaban J connectivity index is 2.56. The minimum absolute atomic E-state index is 0.117. The summed E-state index contributed by atoms with van der Waals surface area (Å²) in [5, 5.41) is 11.9. The van der Waals surface area contributed by atoms with Gasteiger partial charge in [-0.05, 0) is 40.0 Å². The quantitative estimate of drug-likeness (QED) is 0.777. The van der Waals surface area contributed by atoms with Crippen LogP contribution in [0.15, 0.2) is 0 Å². The summed E-state index contributed by atoms with van der Waals surface area (Å²) < 4.78 is 42.9. The molecule has 1 aliphatic carbocycles. The number of carbonyl (C=O) groups is 1. The number of amides is 1. The van der Waals surface area contributed by atoms with Gasteiger partial charge < -0.3 is 15.2 Å². The Bertz CT molecular complexity index is 325. The van der Waals surface area contributed by atoms with Gasteiger partial charge in [0.05, 0.1) is 12.0 Å². The Morgan fingerprint density at radius 3 is 2.26 bits per heavy atom. The van der Waals surface area contributed by atoms with E-state index in [0.29, 0.717) is 0 Å². The van der Waals surface area contributed by atoms with Gasteiger partial charge in [0, 0.05) is 6.04 Å². The summed E-state index contributed by atoms with van der Waals surface area (Å²) in [6.45, 7) is 5.00. The Morgan fingerprint density at radius 2 is 1.79 bits per heavy atom. The van der Waals surface area contributed by atoms with Gasteiger partial charge in [-0.25, -0.2) is 4.79 Å². The lowest BCUT2D eigenvalue weighted by molar-refractivity contribution is -0.191. The van der Waals surface area contributed by atoms with Crippen molar-refractivity contribution in [3.63, 3.8) is 0 Å². The first kappa shape index (κ1) is 16.1. The number of halogens is 3.